The first-order valence-corrected chi connectivity index (χ1v) is 5.65. The predicted molar refractivity (Wildman–Crippen MR) is 60.5 cm³/mol. The van der Waals surface area contributed by atoms with Crippen molar-refractivity contribution in [3.05, 3.63) is 29.8 Å². The summed E-state index contributed by atoms with van der Waals surface area (Å²) in [6.07, 6.45) is 0.929. The maximum atomic E-state index is 11.3. The first-order valence-electron chi connectivity index (χ1n) is 5.65. The summed E-state index contributed by atoms with van der Waals surface area (Å²) in [6, 6.07) is 7.78. The van der Waals surface area contributed by atoms with Gasteiger partial charge in [-0.2, -0.15) is 0 Å². The van der Waals surface area contributed by atoms with E-state index in [1.165, 1.54) is 0 Å². The SMILES string of the molecule is CCOc1cccc(C2CC(=O)CCO2)c1. The molecule has 1 heterocycles. The second kappa shape index (κ2) is 5.12. The van der Waals surface area contributed by atoms with Crippen molar-refractivity contribution in [1.82, 2.24) is 0 Å². The average molecular weight is 220 g/mol. The van der Waals surface area contributed by atoms with Crippen molar-refractivity contribution < 1.29 is 14.3 Å². The van der Waals surface area contributed by atoms with Crippen LogP contribution in [-0.2, 0) is 9.53 Å². The highest BCUT2D eigenvalue weighted by Gasteiger charge is 2.21. The van der Waals surface area contributed by atoms with Crippen molar-refractivity contribution in [2.45, 2.75) is 25.9 Å². The third-order valence-electron chi connectivity index (χ3n) is 2.65. The van der Waals surface area contributed by atoms with Crippen LogP contribution in [0.25, 0.3) is 0 Å². The van der Waals surface area contributed by atoms with Gasteiger partial charge in [-0.05, 0) is 24.6 Å². The lowest BCUT2D eigenvalue weighted by Crippen LogP contribution is -2.19. The molecule has 1 unspecified atom stereocenters. The molecular weight excluding hydrogens is 204 g/mol. The summed E-state index contributed by atoms with van der Waals surface area (Å²) >= 11 is 0. The topological polar surface area (TPSA) is 35.5 Å². The highest BCUT2D eigenvalue weighted by atomic mass is 16.5. The van der Waals surface area contributed by atoms with E-state index in [-0.39, 0.29) is 11.9 Å². The molecule has 1 saturated heterocycles. The first-order chi connectivity index (χ1) is 7.79. The Hall–Kier alpha value is -1.35. The van der Waals surface area contributed by atoms with E-state index in [2.05, 4.69) is 0 Å². The van der Waals surface area contributed by atoms with Crippen LogP contribution in [0, 0.1) is 0 Å². The Morgan fingerprint density at radius 3 is 3.12 bits per heavy atom. The van der Waals surface area contributed by atoms with E-state index >= 15 is 0 Å². The molecule has 16 heavy (non-hydrogen) atoms. The van der Waals surface area contributed by atoms with Gasteiger partial charge in [0.1, 0.15) is 11.5 Å². The van der Waals surface area contributed by atoms with E-state index in [1.54, 1.807) is 0 Å². The molecule has 0 N–H and O–H groups in total. The van der Waals surface area contributed by atoms with Gasteiger partial charge in [0.15, 0.2) is 0 Å². The fourth-order valence-corrected chi connectivity index (χ4v) is 1.87. The maximum absolute atomic E-state index is 11.3. The van der Waals surface area contributed by atoms with Gasteiger partial charge in [0, 0.05) is 12.8 Å². The van der Waals surface area contributed by atoms with Crippen LogP contribution < -0.4 is 4.74 Å². The Morgan fingerprint density at radius 1 is 1.50 bits per heavy atom. The van der Waals surface area contributed by atoms with Crippen LogP contribution in [0.1, 0.15) is 31.4 Å². The quantitative estimate of drug-likeness (QED) is 0.785. The molecule has 0 radical (unpaired) electrons. The fourth-order valence-electron chi connectivity index (χ4n) is 1.87. The van der Waals surface area contributed by atoms with Gasteiger partial charge < -0.3 is 9.47 Å². The molecular formula is C13H16O3. The molecule has 1 aromatic rings. The zero-order chi connectivity index (χ0) is 11.4. The predicted octanol–water partition coefficient (Wildman–Crippen LogP) is 2.51. The Kier molecular flexibility index (Phi) is 3.57. The molecule has 2 rings (SSSR count). The van der Waals surface area contributed by atoms with Gasteiger partial charge >= 0.3 is 0 Å². The molecule has 3 nitrogen and oxygen atoms in total. The number of hydrogen-bond donors (Lipinski definition) is 0. The lowest BCUT2D eigenvalue weighted by Gasteiger charge is -2.22. The van der Waals surface area contributed by atoms with Gasteiger partial charge in [0.2, 0.25) is 0 Å². The zero-order valence-corrected chi connectivity index (χ0v) is 9.44. The van der Waals surface area contributed by atoms with E-state index in [9.17, 15) is 4.79 Å². The van der Waals surface area contributed by atoms with Crippen LogP contribution >= 0.6 is 0 Å². The molecule has 1 aliphatic heterocycles. The number of ether oxygens (including phenoxy) is 2. The van der Waals surface area contributed by atoms with Gasteiger partial charge in [-0.3, -0.25) is 4.79 Å². The number of carbonyl (C=O) groups is 1. The summed E-state index contributed by atoms with van der Waals surface area (Å²) in [4.78, 5) is 11.3. The van der Waals surface area contributed by atoms with Crippen LogP contribution in [-0.4, -0.2) is 19.0 Å². The van der Waals surface area contributed by atoms with Crippen molar-refractivity contribution in [3.8, 4) is 5.75 Å². The van der Waals surface area contributed by atoms with Crippen molar-refractivity contribution in [2.75, 3.05) is 13.2 Å². The fraction of sp³-hybridized carbons (Fsp3) is 0.462. The van der Waals surface area contributed by atoms with Crippen LogP contribution in [0.3, 0.4) is 0 Å². The zero-order valence-electron chi connectivity index (χ0n) is 9.44. The third-order valence-corrected chi connectivity index (χ3v) is 2.65. The number of ketones is 1. The number of carbonyl (C=O) groups excluding carboxylic acids is 1. The lowest BCUT2D eigenvalue weighted by molar-refractivity contribution is -0.128. The highest BCUT2D eigenvalue weighted by Crippen LogP contribution is 2.28. The molecule has 1 aliphatic rings. The molecule has 1 aromatic carbocycles. The molecule has 0 aliphatic carbocycles. The van der Waals surface area contributed by atoms with E-state index in [4.69, 9.17) is 9.47 Å². The maximum Gasteiger partial charge on any atom is 0.138 e. The Morgan fingerprint density at radius 2 is 2.38 bits per heavy atom. The molecule has 0 amide bonds. The second-order valence-electron chi connectivity index (χ2n) is 3.86. The molecule has 0 aromatic heterocycles. The largest absolute Gasteiger partial charge is 0.494 e. The Labute approximate surface area is 95.4 Å². The number of hydrogen-bond acceptors (Lipinski definition) is 3. The number of rotatable bonds is 3. The van der Waals surface area contributed by atoms with Crippen molar-refractivity contribution in [3.63, 3.8) is 0 Å². The molecule has 0 bridgehead atoms. The van der Waals surface area contributed by atoms with E-state index < -0.39 is 0 Å². The van der Waals surface area contributed by atoms with Gasteiger partial charge in [0.25, 0.3) is 0 Å². The number of Topliss-reactive ketones (excluding diaryl/α,β-unsaturated/α-hetero) is 1. The Balaban J connectivity index is 2.12. The minimum Gasteiger partial charge on any atom is -0.494 e. The van der Waals surface area contributed by atoms with Crippen LogP contribution in [0.5, 0.6) is 5.75 Å². The number of benzene rings is 1. The normalized spacial score (nSPS) is 20.8. The molecule has 86 valence electrons. The molecule has 3 heteroatoms. The summed E-state index contributed by atoms with van der Waals surface area (Å²) in [5, 5.41) is 0. The summed E-state index contributed by atoms with van der Waals surface area (Å²) in [5.41, 5.74) is 1.03. The lowest BCUT2D eigenvalue weighted by atomic mass is 10.0. The van der Waals surface area contributed by atoms with Gasteiger partial charge in [0.05, 0.1) is 19.3 Å². The van der Waals surface area contributed by atoms with E-state index in [0.717, 1.165) is 11.3 Å². The standard InChI is InChI=1S/C13H16O3/c1-2-15-12-5-3-4-10(8-12)13-9-11(14)6-7-16-13/h3-5,8,13H,2,6-7,9H2,1H3. The molecule has 1 atom stereocenters. The summed E-state index contributed by atoms with van der Waals surface area (Å²) in [6.45, 7) is 3.13. The van der Waals surface area contributed by atoms with Crippen molar-refractivity contribution >= 4 is 5.78 Å². The third kappa shape index (κ3) is 2.61. The van der Waals surface area contributed by atoms with Crippen LogP contribution in [0.15, 0.2) is 24.3 Å². The van der Waals surface area contributed by atoms with E-state index in [1.807, 2.05) is 31.2 Å². The van der Waals surface area contributed by atoms with Gasteiger partial charge in [-0.1, -0.05) is 12.1 Å². The summed E-state index contributed by atoms with van der Waals surface area (Å²) in [5.74, 6) is 1.11. The van der Waals surface area contributed by atoms with Gasteiger partial charge in [-0.25, -0.2) is 0 Å². The van der Waals surface area contributed by atoms with Crippen molar-refractivity contribution in [2.24, 2.45) is 0 Å². The molecule has 0 saturated carbocycles. The van der Waals surface area contributed by atoms with Crippen LogP contribution in [0.2, 0.25) is 0 Å². The molecule has 1 fully saturated rings. The van der Waals surface area contributed by atoms with Crippen LogP contribution in [0.4, 0.5) is 0 Å². The first kappa shape index (κ1) is 11.1. The Bertz CT molecular complexity index is 373. The van der Waals surface area contributed by atoms with E-state index in [0.29, 0.717) is 26.1 Å². The summed E-state index contributed by atoms with van der Waals surface area (Å²) < 4.78 is 11.0. The summed E-state index contributed by atoms with van der Waals surface area (Å²) in [7, 11) is 0. The average Bonchev–Trinajstić information content (AvgIpc) is 2.30. The monoisotopic (exact) mass is 220 g/mol. The smallest absolute Gasteiger partial charge is 0.138 e. The van der Waals surface area contributed by atoms with Gasteiger partial charge in [-0.15, -0.1) is 0 Å². The highest BCUT2D eigenvalue weighted by molar-refractivity contribution is 5.79. The second-order valence-corrected chi connectivity index (χ2v) is 3.86. The minimum atomic E-state index is -0.0957. The molecule has 0 spiro atoms. The van der Waals surface area contributed by atoms with Crippen molar-refractivity contribution in [1.29, 1.82) is 0 Å². The minimum absolute atomic E-state index is 0.0957.